The summed E-state index contributed by atoms with van der Waals surface area (Å²) >= 11 is 0. The summed E-state index contributed by atoms with van der Waals surface area (Å²) in [6.07, 6.45) is 0. The maximum atomic E-state index is 12.9. The van der Waals surface area contributed by atoms with Crippen molar-refractivity contribution in [2.45, 2.75) is 11.8 Å². The van der Waals surface area contributed by atoms with Crippen molar-refractivity contribution < 1.29 is 17.4 Å². The molecule has 4 heterocycles. The Balaban J connectivity index is 0.868. The summed E-state index contributed by atoms with van der Waals surface area (Å²) in [5, 5.41) is 33.7. The van der Waals surface area contributed by atoms with Gasteiger partial charge in [0.05, 0.1) is 57.6 Å². The van der Waals surface area contributed by atoms with Crippen molar-refractivity contribution in [2.75, 3.05) is 12.4 Å². The number of amides is 1. The molecule has 65 heavy (non-hydrogen) atoms. The number of anilines is 1. The molecule has 0 atom stereocenters. The molecule has 10 rings (SSSR count). The van der Waals surface area contributed by atoms with Crippen LogP contribution in [-0.4, -0.2) is 62.2 Å². The third kappa shape index (κ3) is 8.54. The van der Waals surface area contributed by atoms with Crippen LogP contribution in [0.25, 0.3) is 101 Å². The smallest absolute Gasteiger partial charge is 0.296 e. The van der Waals surface area contributed by atoms with E-state index >= 15 is 0 Å². The summed E-state index contributed by atoms with van der Waals surface area (Å²) in [4.78, 5) is 12.1. The van der Waals surface area contributed by atoms with E-state index in [0.717, 1.165) is 85.8 Å². The minimum Gasteiger partial charge on any atom is -0.326 e. The number of aromatic nitrogens is 8. The molecular weight excluding hydrogens is 835 g/mol. The van der Waals surface area contributed by atoms with Gasteiger partial charge in [-0.25, -0.2) is 0 Å². The summed E-state index contributed by atoms with van der Waals surface area (Å²) in [6.45, 7) is 1.48. The van der Waals surface area contributed by atoms with Crippen molar-refractivity contribution in [3.63, 3.8) is 0 Å². The Morgan fingerprint density at radius 2 is 0.754 bits per heavy atom. The first-order chi connectivity index (χ1) is 31.7. The number of nitrogens with zero attached hydrogens (tertiary/aromatic N) is 4. The Labute approximate surface area is 373 Å². The van der Waals surface area contributed by atoms with Crippen molar-refractivity contribution in [2.24, 2.45) is 0 Å². The van der Waals surface area contributed by atoms with E-state index in [-0.39, 0.29) is 10.8 Å². The van der Waals surface area contributed by atoms with Crippen molar-refractivity contribution in [3.8, 4) is 101 Å². The van der Waals surface area contributed by atoms with E-state index in [9.17, 15) is 13.2 Å². The predicted octanol–water partition coefficient (Wildman–Crippen LogP) is 10.9. The standard InChI is InChI=1S/C51H39N9O4S/c1-31(61)52-42-23-38(48-27-44(53-57-48)34-9-5-3-6-10-34)21-39(24-42)49-29-46(55-58-49)36-17-13-32(14-18-36)33-15-19-37(20-16-33)47-30-51(60-56-47)41-22-40(25-43(26-41)65(62,63)64-2)50-28-45(54-59-50)35-11-7-4-8-12-35/h3-30H,1-2H3,(H,52,61)(H,53,57)(H,54,59)(H,55,58)(H,56,60). The van der Waals surface area contributed by atoms with Gasteiger partial charge >= 0.3 is 0 Å². The molecule has 0 bridgehead atoms. The molecule has 13 nitrogen and oxygen atoms in total. The van der Waals surface area contributed by atoms with Gasteiger partial charge in [-0.3, -0.25) is 29.4 Å². The second-order valence-electron chi connectivity index (χ2n) is 15.4. The Kier molecular flexibility index (Phi) is 10.6. The molecular formula is C51H39N9O4S. The van der Waals surface area contributed by atoms with E-state index in [4.69, 9.17) is 4.18 Å². The van der Waals surface area contributed by atoms with E-state index in [0.29, 0.717) is 28.2 Å². The molecule has 0 aliphatic carbocycles. The quantitative estimate of drug-likeness (QED) is 0.0750. The number of H-pyrrole nitrogens is 4. The first-order valence-electron chi connectivity index (χ1n) is 20.6. The zero-order valence-electron chi connectivity index (χ0n) is 35.0. The number of aromatic amines is 4. The van der Waals surface area contributed by atoms with Crippen LogP contribution in [0.4, 0.5) is 5.69 Å². The lowest BCUT2D eigenvalue weighted by atomic mass is 10.00. The van der Waals surface area contributed by atoms with Crippen LogP contribution in [0.15, 0.2) is 175 Å². The van der Waals surface area contributed by atoms with Crippen molar-refractivity contribution >= 4 is 21.7 Å². The fraction of sp³-hybridized carbons (Fsp3) is 0.0392. The van der Waals surface area contributed by atoms with E-state index in [1.165, 1.54) is 6.92 Å². The molecule has 0 saturated carbocycles. The second kappa shape index (κ2) is 17.0. The Hall–Kier alpha value is -8.46. The lowest BCUT2D eigenvalue weighted by molar-refractivity contribution is -0.114. The van der Waals surface area contributed by atoms with E-state index in [2.05, 4.69) is 58.2 Å². The number of carbonyl (C=O) groups is 1. The number of hydrogen-bond acceptors (Lipinski definition) is 8. The highest BCUT2D eigenvalue weighted by Gasteiger charge is 2.20. The lowest BCUT2D eigenvalue weighted by Crippen LogP contribution is -2.06. The summed E-state index contributed by atoms with van der Waals surface area (Å²) < 4.78 is 30.8. The third-order valence-electron chi connectivity index (χ3n) is 11.1. The predicted molar refractivity (Wildman–Crippen MR) is 252 cm³/mol. The largest absolute Gasteiger partial charge is 0.326 e. The minimum atomic E-state index is -4.03. The van der Waals surface area contributed by atoms with Crippen LogP contribution in [0.2, 0.25) is 0 Å². The summed E-state index contributed by atoms with van der Waals surface area (Å²) in [5.74, 6) is -0.173. The van der Waals surface area contributed by atoms with Crippen molar-refractivity contribution in [1.82, 2.24) is 40.8 Å². The zero-order chi connectivity index (χ0) is 44.5. The Morgan fingerprint density at radius 3 is 1.09 bits per heavy atom. The molecule has 14 heteroatoms. The number of hydrogen-bond donors (Lipinski definition) is 5. The summed E-state index contributed by atoms with van der Waals surface area (Å²) in [5.41, 5.74) is 15.3. The van der Waals surface area contributed by atoms with Gasteiger partial charge in [0.15, 0.2) is 0 Å². The van der Waals surface area contributed by atoms with Crippen LogP contribution < -0.4 is 5.32 Å². The number of carbonyl (C=O) groups excluding carboxylic acids is 1. The van der Waals surface area contributed by atoms with Crippen LogP contribution in [-0.2, 0) is 19.1 Å². The van der Waals surface area contributed by atoms with Crippen molar-refractivity contribution in [3.05, 3.63) is 170 Å². The second-order valence-corrected chi connectivity index (χ2v) is 17.1. The average Bonchev–Trinajstić information content (AvgIpc) is 4.20. The topological polar surface area (TPSA) is 187 Å². The SMILES string of the molecule is COS(=O)(=O)c1cc(-c2cc(-c3ccccc3)[nH]n2)cc(-c2cc(-c3ccc(-c4ccc(-c5cc(-c6cc(NC(C)=O)cc(-c7cc(-c8ccccc8)[nH]n7)c6)n[nH]5)cc4)cc3)[nH]n2)c1. The van der Waals surface area contributed by atoms with Gasteiger partial charge in [-0.05, 0) is 94.0 Å². The normalized spacial score (nSPS) is 11.5. The molecule has 0 fully saturated rings. The van der Waals surface area contributed by atoms with Crippen LogP contribution in [0.5, 0.6) is 0 Å². The Morgan fingerprint density at radius 1 is 0.431 bits per heavy atom. The Bertz CT molecular complexity index is 3430. The highest BCUT2D eigenvalue weighted by atomic mass is 32.2. The molecule has 0 unspecified atom stereocenters. The van der Waals surface area contributed by atoms with Crippen molar-refractivity contribution in [1.29, 1.82) is 0 Å². The molecule has 318 valence electrons. The molecule has 6 aromatic carbocycles. The number of rotatable bonds is 12. The van der Waals surface area contributed by atoms with Crippen LogP contribution in [0.1, 0.15) is 6.92 Å². The molecule has 0 aliphatic rings. The fourth-order valence-corrected chi connectivity index (χ4v) is 8.46. The molecule has 0 saturated heterocycles. The van der Waals surface area contributed by atoms with Crippen LogP contribution in [0, 0.1) is 0 Å². The van der Waals surface area contributed by atoms with Gasteiger partial charge in [0, 0.05) is 34.9 Å². The van der Waals surface area contributed by atoms with Gasteiger partial charge in [0.25, 0.3) is 10.1 Å². The molecule has 0 radical (unpaired) electrons. The molecule has 0 spiro atoms. The molecule has 4 aromatic heterocycles. The highest BCUT2D eigenvalue weighted by Crippen LogP contribution is 2.35. The first kappa shape index (κ1) is 40.6. The maximum absolute atomic E-state index is 12.9. The first-order valence-corrected chi connectivity index (χ1v) is 22.0. The number of nitrogens with one attached hydrogen (secondary N) is 5. The lowest BCUT2D eigenvalue weighted by Gasteiger charge is -2.08. The van der Waals surface area contributed by atoms with Gasteiger partial charge in [-0.15, -0.1) is 0 Å². The molecule has 0 aliphatic heterocycles. The summed E-state index contributed by atoms with van der Waals surface area (Å²) in [7, 11) is -2.89. The third-order valence-corrected chi connectivity index (χ3v) is 12.3. The van der Waals surface area contributed by atoms with Gasteiger partial charge in [0.1, 0.15) is 0 Å². The van der Waals surface area contributed by atoms with E-state index in [1.54, 1.807) is 12.1 Å². The van der Waals surface area contributed by atoms with Crippen LogP contribution in [0.3, 0.4) is 0 Å². The van der Waals surface area contributed by atoms with E-state index < -0.39 is 10.1 Å². The maximum Gasteiger partial charge on any atom is 0.296 e. The molecule has 1 amide bonds. The summed E-state index contributed by atoms with van der Waals surface area (Å²) in [6, 6.07) is 54.7. The fourth-order valence-electron chi connectivity index (χ4n) is 7.72. The highest BCUT2D eigenvalue weighted by molar-refractivity contribution is 7.86. The zero-order valence-corrected chi connectivity index (χ0v) is 35.8. The molecule has 5 N–H and O–H groups in total. The minimum absolute atomic E-state index is 0.00379. The van der Waals surface area contributed by atoms with Gasteiger partial charge in [0.2, 0.25) is 5.91 Å². The van der Waals surface area contributed by atoms with Gasteiger partial charge in [-0.2, -0.15) is 28.8 Å². The monoisotopic (exact) mass is 873 g/mol. The van der Waals surface area contributed by atoms with Gasteiger partial charge < -0.3 is 5.32 Å². The average molecular weight is 874 g/mol. The van der Waals surface area contributed by atoms with Gasteiger partial charge in [-0.1, -0.05) is 109 Å². The molecule has 10 aromatic rings. The number of benzene rings is 6. The van der Waals surface area contributed by atoms with E-state index in [1.807, 2.05) is 146 Å². The van der Waals surface area contributed by atoms with Crippen LogP contribution >= 0.6 is 0 Å².